The Morgan fingerprint density at radius 1 is 1.61 bits per heavy atom. The molecule has 0 aliphatic heterocycles. The molecule has 0 spiro atoms. The number of hydrogen-bond acceptors (Lipinski definition) is 4. The van der Waals surface area contributed by atoms with Crippen LogP contribution < -0.4 is 5.48 Å². The molecule has 4 nitrogen and oxygen atoms in total. The van der Waals surface area contributed by atoms with Crippen molar-refractivity contribution in [2.75, 3.05) is 6.16 Å². The van der Waals surface area contributed by atoms with E-state index in [2.05, 4.69) is 19.7 Å². The van der Waals surface area contributed by atoms with E-state index in [4.69, 9.17) is 0 Å². The minimum atomic E-state index is -0.892. The zero-order valence-electron chi connectivity index (χ0n) is 10.9. The summed E-state index contributed by atoms with van der Waals surface area (Å²) in [6.07, 6.45) is 4.10. The van der Waals surface area contributed by atoms with E-state index in [0.717, 1.165) is 24.7 Å². The van der Waals surface area contributed by atoms with Gasteiger partial charge < -0.3 is 5.21 Å². The third-order valence-corrected chi connectivity index (χ3v) is 4.11. The Labute approximate surface area is 110 Å². The number of nitrogens with one attached hydrogen (secondary N) is 1. The molecule has 3 atom stereocenters. The van der Waals surface area contributed by atoms with Crippen LogP contribution in [-0.4, -0.2) is 27.7 Å². The molecule has 0 aliphatic carbocycles. The van der Waals surface area contributed by atoms with Crippen molar-refractivity contribution in [3.63, 3.8) is 0 Å². The van der Waals surface area contributed by atoms with Crippen molar-refractivity contribution in [1.82, 2.24) is 10.5 Å². The smallest absolute Gasteiger partial charge is 0.152 e. The Bertz CT molecular complexity index is 386. The van der Waals surface area contributed by atoms with E-state index in [-0.39, 0.29) is 11.7 Å². The predicted octanol–water partition coefficient (Wildman–Crippen LogP) is 1.83. The average molecular weight is 268 g/mol. The number of ketones is 1. The number of carbonyl (C=O) groups is 1. The molecule has 0 bridgehead atoms. The fraction of sp³-hybridized carbons (Fsp3) is 0.538. The van der Waals surface area contributed by atoms with Crippen molar-refractivity contribution in [1.29, 1.82) is 0 Å². The van der Waals surface area contributed by atoms with Gasteiger partial charge in [0, 0.05) is 11.9 Å². The third kappa shape index (κ3) is 3.58. The van der Waals surface area contributed by atoms with Gasteiger partial charge >= 0.3 is 0 Å². The molecule has 0 saturated carbocycles. The second-order valence-corrected chi connectivity index (χ2v) is 5.13. The normalized spacial score (nSPS) is 16.0. The van der Waals surface area contributed by atoms with Gasteiger partial charge in [-0.3, -0.25) is 9.78 Å². The number of Topliss-reactive ketones (excluding diaryl/α,β-unsaturated/α-hetero) is 1. The second-order valence-electron chi connectivity index (χ2n) is 4.66. The lowest BCUT2D eigenvalue weighted by atomic mass is 9.81. The topological polar surface area (TPSA) is 62.2 Å². The molecular weight excluding hydrogens is 247 g/mol. The van der Waals surface area contributed by atoms with Gasteiger partial charge in [0.25, 0.3) is 0 Å². The number of hydroxylamine groups is 1. The summed E-state index contributed by atoms with van der Waals surface area (Å²) in [6.45, 7) is 3.24. The van der Waals surface area contributed by atoms with Crippen molar-refractivity contribution in [3.8, 4) is 0 Å². The fourth-order valence-electron chi connectivity index (χ4n) is 1.97. The molecule has 18 heavy (non-hydrogen) atoms. The highest BCUT2D eigenvalue weighted by molar-refractivity contribution is 7.16. The SMILES string of the molecule is CC(=O)C(C)(NO)C(CP)CCc1ccccn1. The molecule has 1 aromatic heterocycles. The molecule has 0 aromatic carbocycles. The summed E-state index contributed by atoms with van der Waals surface area (Å²) in [5.41, 5.74) is 2.29. The molecule has 0 radical (unpaired) electrons. The Hall–Kier alpha value is -0.830. The molecule has 5 heteroatoms. The minimum absolute atomic E-state index is 0.0482. The van der Waals surface area contributed by atoms with E-state index in [1.54, 1.807) is 13.1 Å². The molecule has 0 aliphatic rings. The van der Waals surface area contributed by atoms with E-state index in [1.165, 1.54) is 6.92 Å². The summed E-state index contributed by atoms with van der Waals surface area (Å²) < 4.78 is 0. The van der Waals surface area contributed by atoms with Gasteiger partial charge in [0.15, 0.2) is 5.78 Å². The van der Waals surface area contributed by atoms with Gasteiger partial charge in [-0.05, 0) is 50.9 Å². The van der Waals surface area contributed by atoms with Gasteiger partial charge in [-0.2, -0.15) is 5.48 Å². The van der Waals surface area contributed by atoms with Gasteiger partial charge in [0.1, 0.15) is 5.54 Å². The van der Waals surface area contributed by atoms with Gasteiger partial charge in [-0.25, -0.2) is 0 Å². The van der Waals surface area contributed by atoms with E-state index in [0.29, 0.717) is 0 Å². The minimum Gasteiger partial charge on any atom is -0.316 e. The second kappa shape index (κ2) is 6.93. The van der Waals surface area contributed by atoms with Gasteiger partial charge in [-0.1, -0.05) is 6.07 Å². The lowest BCUT2D eigenvalue weighted by molar-refractivity contribution is -0.129. The standard InChI is InChI=1S/C13H21N2O2P/c1-10(16)13(2,15-17)11(9-18)6-7-12-5-3-4-8-14-12/h3-5,8,11,15,17H,6-7,9,18H2,1-2H3. The molecule has 1 heterocycles. The molecule has 1 aromatic rings. The quantitative estimate of drug-likeness (QED) is 0.585. The lowest BCUT2D eigenvalue weighted by Crippen LogP contribution is -2.53. The van der Waals surface area contributed by atoms with Crippen molar-refractivity contribution in [3.05, 3.63) is 30.1 Å². The third-order valence-electron chi connectivity index (χ3n) is 3.54. The maximum absolute atomic E-state index is 11.7. The number of carbonyl (C=O) groups excluding carboxylic acids is 1. The number of aryl methyl sites for hydroxylation is 1. The molecule has 2 N–H and O–H groups in total. The number of rotatable bonds is 7. The Balaban J connectivity index is 2.70. The summed E-state index contributed by atoms with van der Waals surface area (Å²) in [5.74, 6) is -0.00882. The number of nitrogens with zero attached hydrogens (tertiary/aromatic N) is 1. The van der Waals surface area contributed by atoms with Crippen molar-refractivity contribution >= 4 is 15.0 Å². The van der Waals surface area contributed by atoms with Crippen LogP contribution in [0.3, 0.4) is 0 Å². The first kappa shape index (κ1) is 15.2. The molecule has 0 fully saturated rings. The summed E-state index contributed by atoms with van der Waals surface area (Å²) in [6, 6.07) is 5.80. The lowest BCUT2D eigenvalue weighted by Gasteiger charge is -2.33. The summed E-state index contributed by atoms with van der Waals surface area (Å²) >= 11 is 0. The van der Waals surface area contributed by atoms with Crippen molar-refractivity contribution in [2.45, 2.75) is 32.2 Å². The zero-order valence-corrected chi connectivity index (χ0v) is 12.0. The van der Waals surface area contributed by atoms with Crippen LogP contribution in [0.4, 0.5) is 0 Å². The highest BCUT2D eigenvalue weighted by Crippen LogP contribution is 2.25. The first-order chi connectivity index (χ1) is 8.54. The van der Waals surface area contributed by atoms with E-state index in [1.807, 2.05) is 18.2 Å². The van der Waals surface area contributed by atoms with Crippen molar-refractivity contribution < 1.29 is 10.0 Å². The monoisotopic (exact) mass is 268 g/mol. The number of pyridine rings is 1. The molecule has 1 rings (SSSR count). The average Bonchev–Trinajstić information content (AvgIpc) is 2.39. The van der Waals surface area contributed by atoms with E-state index < -0.39 is 5.54 Å². The van der Waals surface area contributed by atoms with Crippen LogP contribution in [0.5, 0.6) is 0 Å². The van der Waals surface area contributed by atoms with Gasteiger partial charge in [-0.15, -0.1) is 9.24 Å². The van der Waals surface area contributed by atoms with Crippen LogP contribution in [0.2, 0.25) is 0 Å². The zero-order chi connectivity index (χ0) is 13.6. The van der Waals surface area contributed by atoms with Crippen LogP contribution in [0.1, 0.15) is 26.0 Å². The maximum Gasteiger partial charge on any atom is 0.152 e. The maximum atomic E-state index is 11.7. The Morgan fingerprint density at radius 3 is 2.78 bits per heavy atom. The van der Waals surface area contributed by atoms with Crippen LogP contribution in [0.15, 0.2) is 24.4 Å². The molecule has 3 unspecified atom stereocenters. The summed E-state index contributed by atoms with van der Waals surface area (Å²) in [4.78, 5) is 15.9. The van der Waals surface area contributed by atoms with Crippen LogP contribution in [-0.2, 0) is 11.2 Å². The van der Waals surface area contributed by atoms with Crippen LogP contribution in [0.25, 0.3) is 0 Å². The first-order valence-corrected chi connectivity index (χ1v) is 6.88. The Morgan fingerprint density at radius 2 is 2.33 bits per heavy atom. The Kier molecular flexibility index (Phi) is 5.86. The molecular formula is C13H21N2O2P. The highest BCUT2D eigenvalue weighted by atomic mass is 31.0. The summed E-state index contributed by atoms with van der Waals surface area (Å²) in [5, 5.41) is 9.26. The highest BCUT2D eigenvalue weighted by Gasteiger charge is 2.37. The first-order valence-electron chi connectivity index (χ1n) is 6.07. The van der Waals surface area contributed by atoms with Crippen LogP contribution >= 0.6 is 9.24 Å². The summed E-state index contributed by atoms with van der Waals surface area (Å²) in [7, 11) is 2.64. The van der Waals surface area contributed by atoms with E-state index in [9.17, 15) is 10.0 Å². The van der Waals surface area contributed by atoms with Crippen LogP contribution in [0, 0.1) is 5.92 Å². The molecule has 0 amide bonds. The van der Waals surface area contributed by atoms with Crippen molar-refractivity contribution in [2.24, 2.45) is 5.92 Å². The molecule has 0 saturated heterocycles. The fourth-order valence-corrected chi connectivity index (χ4v) is 2.67. The number of aromatic nitrogens is 1. The number of hydrogen-bond donors (Lipinski definition) is 2. The van der Waals surface area contributed by atoms with Gasteiger partial charge in [0.05, 0.1) is 0 Å². The van der Waals surface area contributed by atoms with E-state index >= 15 is 0 Å². The molecule has 100 valence electrons. The predicted molar refractivity (Wildman–Crippen MR) is 74.6 cm³/mol. The largest absolute Gasteiger partial charge is 0.316 e. The van der Waals surface area contributed by atoms with Gasteiger partial charge in [0.2, 0.25) is 0 Å².